The largest absolute Gasteiger partial charge is 0.473 e. The zero-order chi connectivity index (χ0) is 27.5. The van der Waals surface area contributed by atoms with E-state index in [-0.39, 0.29) is 5.92 Å². The van der Waals surface area contributed by atoms with Crippen molar-refractivity contribution in [3.63, 3.8) is 0 Å². The highest BCUT2D eigenvalue weighted by atomic mass is 16.5. The minimum absolute atomic E-state index is 0.115. The number of ether oxygens (including phenoxy) is 2. The van der Waals surface area contributed by atoms with Crippen molar-refractivity contribution in [2.75, 3.05) is 13.1 Å². The highest BCUT2D eigenvalue weighted by molar-refractivity contribution is 5.96. The highest BCUT2D eigenvalue weighted by Gasteiger charge is 2.30. The van der Waals surface area contributed by atoms with Crippen LogP contribution in [-0.4, -0.2) is 44.0 Å². The molecule has 3 heterocycles. The molecule has 1 N–H and O–H groups in total. The van der Waals surface area contributed by atoms with Crippen molar-refractivity contribution in [3.8, 4) is 23.0 Å². The molecule has 6 rings (SSSR count). The van der Waals surface area contributed by atoms with Crippen molar-refractivity contribution in [3.05, 3.63) is 108 Å². The van der Waals surface area contributed by atoms with Crippen LogP contribution in [0, 0.1) is 0 Å². The number of carbonyl (C=O) groups is 1. The lowest BCUT2D eigenvalue weighted by Crippen LogP contribution is -2.26. The van der Waals surface area contributed by atoms with E-state index >= 15 is 0 Å². The lowest BCUT2D eigenvalue weighted by Gasteiger charge is -2.14. The van der Waals surface area contributed by atoms with Gasteiger partial charge >= 0.3 is 6.09 Å². The van der Waals surface area contributed by atoms with Crippen LogP contribution in [0.3, 0.4) is 0 Å². The zero-order valence-electron chi connectivity index (χ0n) is 22.2. The van der Waals surface area contributed by atoms with Gasteiger partial charge in [0.15, 0.2) is 0 Å². The predicted molar refractivity (Wildman–Crippen MR) is 152 cm³/mol. The Morgan fingerprint density at radius 2 is 1.60 bits per heavy atom. The number of nitrogens with zero attached hydrogens (tertiary/aromatic N) is 4. The van der Waals surface area contributed by atoms with E-state index in [2.05, 4.69) is 6.07 Å². The molecule has 2 aromatic heterocycles. The minimum atomic E-state index is -0.874. The third-order valence-corrected chi connectivity index (χ3v) is 7.33. The molecule has 8 heteroatoms. The van der Waals surface area contributed by atoms with Crippen LogP contribution in [0.15, 0.2) is 91.0 Å². The maximum Gasteiger partial charge on any atom is 0.407 e. The lowest BCUT2D eigenvalue weighted by atomic mass is 9.95. The number of fused-ring (bicyclic) bond motifs is 1. The van der Waals surface area contributed by atoms with Gasteiger partial charge < -0.3 is 19.5 Å². The smallest absolute Gasteiger partial charge is 0.407 e. The number of para-hydroxylation sites is 1. The molecule has 8 nitrogen and oxygen atoms in total. The SMILES string of the molecule is Cn1nc(-c2ccc(OCc3ccccc3)nc2OCc2ccccc2)c2cccc([C@@H]3CCN(C(=O)O)C3)c21. The Morgan fingerprint density at radius 3 is 2.27 bits per heavy atom. The molecule has 202 valence electrons. The fourth-order valence-electron chi connectivity index (χ4n) is 5.34. The molecule has 0 bridgehead atoms. The molecule has 40 heavy (non-hydrogen) atoms. The van der Waals surface area contributed by atoms with E-state index < -0.39 is 6.09 Å². The molecule has 0 unspecified atom stereocenters. The second-order valence-electron chi connectivity index (χ2n) is 9.98. The number of benzene rings is 3. The quantitative estimate of drug-likeness (QED) is 0.253. The van der Waals surface area contributed by atoms with E-state index in [1.54, 1.807) is 0 Å². The molecule has 0 aliphatic carbocycles. The van der Waals surface area contributed by atoms with Crippen molar-refractivity contribution in [2.24, 2.45) is 7.05 Å². The van der Waals surface area contributed by atoms with Crippen LogP contribution < -0.4 is 9.47 Å². The van der Waals surface area contributed by atoms with Gasteiger partial charge in [-0.15, -0.1) is 0 Å². The number of aryl methyl sites for hydroxylation is 1. The summed E-state index contributed by atoms with van der Waals surface area (Å²) >= 11 is 0. The summed E-state index contributed by atoms with van der Waals surface area (Å²) in [5, 5.41) is 15.3. The second kappa shape index (κ2) is 11.1. The molecule has 1 fully saturated rings. The number of amides is 1. The Hall–Kier alpha value is -4.85. The van der Waals surface area contributed by atoms with Crippen LogP contribution in [-0.2, 0) is 20.3 Å². The summed E-state index contributed by atoms with van der Waals surface area (Å²) in [7, 11) is 1.93. The van der Waals surface area contributed by atoms with E-state index in [0.717, 1.165) is 45.3 Å². The first-order chi connectivity index (χ1) is 19.6. The Balaban J connectivity index is 1.36. The van der Waals surface area contributed by atoms with E-state index in [4.69, 9.17) is 19.6 Å². The van der Waals surface area contributed by atoms with Gasteiger partial charge in [0.25, 0.3) is 0 Å². The Bertz CT molecular complexity index is 1640. The maximum atomic E-state index is 11.5. The number of rotatable bonds is 8. The number of pyridine rings is 1. The molecule has 0 saturated carbocycles. The molecular weight excluding hydrogens is 504 g/mol. The summed E-state index contributed by atoms with van der Waals surface area (Å²) in [6.45, 7) is 1.77. The first kappa shape index (κ1) is 25.4. The standard InChI is InChI=1S/C32H30N4O4/c1-35-30-25(24-17-18-36(19-24)32(37)38)13-8-14-26(30)29(34-35)27-15-16-28(39-20-22-9-4-2-5-10-22)33-31(27)40-21-23-11-6-3-7-12-23/h2-16,24H,17-21H2,1H3,(H,37,38)/t24-/m1/s1. The number of hydrogen-bond donors (Lipinski definition) is 1. The maximum absolute atomic E-state index is 11.5. The van der Waals surface area contributed by atoms with Crippen molar-refractivity contribution < 1.29 is 19.4 Å². The van der Waals surface area contributed by atoms with Gasteiger partial charge in [-0.2, -0.15) is 10.1 Å². The number of carboxylic acid groups (broad SMARTS) is 1. The lowest BCUT2D eigenvalue weighted by molar-refractivity contribution is 0.155. The summed E-state index contributed by atoms with van der Waals surface area (Å²) in [6, 6.07) is 29.9. The first-order valence-electron chi connectivity index (χ1n) is 13.3. The molecule has 1 atom stereocenters. The van der Waals surface area contributed by atoms with E-state index in [1.165, 1.54) is 4.90 Å². The van der Waals surface area contributed by atoms with Crippen molar-refractivity contribution >= 4 is 17.0 Å². The fourth-order valence-corrected chi connectivity index (χ4v) is 5.34. The van der Waals surface area contributed by atoms with Crippen molar-refractivity contribution in [1.82, 2.24) is 19.7 Å². The van der Waals surface area contributed by atoms with Gasteiger partial charge in [0.2, 0.25) is 11.8 Å². The predicted octanol–water partition coefficient (Wildman–Crippen LogP) is 6.26. The molecule has 0 radical (unpaired) electrons. The average molecular weight is 535 g/mol. The third-order valence-electron chi connectivity index (χ3n) is 7.33. The Morgan fingerprint density at radius 1 is 0.900 bits per heavy atom. The van der Waals surface area contributed by atoms with Gasteiger partial charge in [0, 0.05) is 37.5 Å². The summed E-state index contributed by atoms with van der Waals surface area (Å²) in [4.78, 5) is 17.8. The topological polar surface area (TPSA) is 89.7 Å². The molecule has 1 amide bonds. The molecule has 1 saturated heterocycles. The van der Waals surface area contributed by atoms with Gasteiger partial charge in [-0.05, 0) is 29.2 Å². The van der Waals surface area contributed by atoms with E-state index in [0.29, 0.717) is 38.1 Å². The Labute approximate surface area is 232 Å². The third kappa shape index (κ3) is 5.20. The molecule has 3 aromatic carbocycles. The van der Waals surface area contributed by atoms with Crippen molar-refractivity contribution in [2.45, 2.75) is 25.6 Å². The van der Waals surface area contributed by atoms with Gasteiger partial charge in [0.05, 0.1) is 11.1 Å². The van der Waals surface area contributed by atoms with Crippen LogP contribution in [0.25, 0.3) is 22.2 Å². The molecule has 5 aromatic rings. The molecule has 1 aliphatic rings. The monoisotopic (exact) mass is 534 g/mol. The highest BCUT2D eigenvalue weighted by Crippen LogP contribution is 2.39. The summed E-state index contributed by atoms with van der Waals surface area (Å²) in [6.07, 6.45) is -0.0898. The normalized spacial score (nSPS) is 14.9. The number of hydrogen-bond acceptors (Lipinski definition) is 5. The number of aromatic nitrogens is 3. The first-order valence-corrected chi connectivity index (χ1v) is 13.3. The molecule has 1 aliphatic heterocycles. The second-order valence-corrected chi connectivity index (χ2v) is 9.98. The molecular formula is C32H30N4O4. The van der Waals surface area contributed by atoms with Crippen LogP contribution in [0.4, 0.5) is 4.79 Å². The summed E-state index contributed by atoms with van der Waals surface area (Å²) in [5.74, 6) is 1.03. The summed E-state index contributed by atoms with van der Waals surface area (Å²) < 4.78 is 14.2. The minimum Gasteiger partial charge on any atom is -0.473 e. The van der Waals surface area contributed by atoms with Crippen LogP contribution >= 0.6 is 0 Å². The van der Waals surface area contributed by atoms with Gasteiger partial charge in [-0.3, -0.25) is 4.68 Å². The van der Waals surface area contributed by atoms with Crippen LogP contribution in [0.2, 0.25) is 0 Å². The Kier molecular flexibility index (Phi) is 7.06. The zero-order valence-corrected chi connectivity index (χ0v) is 22.2. The van der Waals surface area contributed by atoms with Crippen LogP contribution in [0.1, 0.15) is 29.0 Å². The van der Waals surface area contributed by atoms with E-state index in [9.17, 15) is 9.90 Å². The average Bonchev–Trinajstić information content (AvgIpc) is 3.62. The van der Waals surface area contributed by atoms with E-state index in [1.807, 2.05) is 96.7 Å². The molecule has 0 spiro atoms. The number of likely N-dealkylation sites (tertiary alicyclic amines) is 1. The van der Waals surface area contributed by atoms with Gasteiger partial charge in [-0.1, -0.05) is 78.9 Å². The fraction of sp³-hybridized carbons (Fsp3) is 0.219. The van der Waals surface area contributed by atoms with Crippen molar-refractivity contribution in [1.29, 1.82) is 0 Å². The van der Waals surface area contributed by atoms with Gasteiger partial charge in [0.1, 0.15) is 18.9 Å². The van der Waals surface area contributed by atoms with Crippen LogP contribution in [0.5, 0.6) is 11.8 Å². The summed E-state index contributed by atoms with van der Waals surface area (Å²) in [5.41, 5.74) is 5.71. The van der Waals surface area contributed by atoms with Gasteiger partial charge in [-0.25, -0.2) is 4.79 Å².